The molecule has 11 heavy (non-hydrogen) atoms. The van der Waals surface area contributed by atoms with Crippen molar-refractivity contribution < 1.29 is 4.39 Å². The summed E-state index contributed by atoms with van der Waals surface area (Å²) in [5.74, 6) is -0.266. The van der Waals surface area contributed by atoms with Gasteiger partial charge in [-0.2, -0.15) is 0 Å². The third-order valence-corrected chi connectivity index (χ3v) is 1.70. The van der Waals surface area contributed by atoms with E-state index >= 15 is 0 Å². The molecule has 0 radical (unpaired) electrons. The zero-order valence-electron chi connectivity index (χ0n) is 6.82. The molecule has 1 rings (SSSR count). The molecule has 60 valence electrons. The van der Waals surface area contributed by atoms with Gasteiger partial charge in [0.15, 0.2) is 0 Å². The van der Waals surface area contributed by atoms with Gasteiger partial charge in [-0.25, -0.2) is 4.39 Å². The maximum atomic E-state index is 13.1. The molecule has 2 heteroatoms. The minimum Gasteiger partial charge on any atom is -0.396 e. The molecule has 0 unspecified atom stereocenters. The van der Waals surface area contributed by atoms with E-state index in [2.05, 4.69) is 0 Å². The van der Waals surface area contributed by atoms with Gasteiger partial charge in [-0.3, -0.25) is 0 Å². The van der Waals surface area contributed by atoms with Crippen molar-refractivity contribution in [3.63, 3.8) is 0 Å². The van der Waals surface area contributed by atoms with E-state index in [-0.39, 0.29) is 11.5 Å². The van der Waals surface area contributed by atoms with Crippen LogP contribution in [-0.4, -0.2) is 0 Å². The zero-order chi connectivity index (χ0) is 8.43. The SMILES string of the molecule is CCc1cc(C)cc(N)c1F. The molecule has 2 N–H and O–H groups in total. The smallest absolute Gasteiger partial charge is 0.149 e. The molecule has 0 atom stereocenters. The number of hydrogen-bond acceptors (Lipinski definition) is 1. The molecular weight excluding hydrogens is 141 g/mol. The summed E-state index contributed by atoms with van der Waals surface area (Å²) in [5, 5.41) is 0. The van der Waals surface area contributed by atoms with E-state index in [1.54, 1.807) is 6.07 Å². The lowest BCUT2D eigenvalue weighted by Crippen LogP contribution is -1.96. The van der Waals surface area contributed by atoms with Crippen molar-refractivity contribution >= 4 is 5.69 Å². The summed E-state index contributed by atoms with van der Waals surface area (Å²) in [7, 11) is 0. The van der Waals surface area contributed by atoms with Crippen molar-refractivity contribution in [3.05, 3.63) is 29.1 Å². The molecule has 0 aliphatic carbocycles. The van der Waals surface area contributed by atoms with Crippen LogP contribution < -0.4 is 5.73 Å². The Labute approximate surface area is 66.0 Å². The fourth-order valence-corrected chi connectivity index (χ4v) is 1.13. The lowest BCUT2D eigenvalue weighted by Gasteiger charge is -2.03. The van der Waals surface area contributed by atoms with Crippen LogP contribution in [0.3, 0.4) is 0 Å². The molecule has 0 bridgehead atoms. The van der Waals surface area contributed by atoms with E-state index in [0.29, 0.717) is 12.0 Å². The number of nitrogen functional groups attached to an aromatic ring is 1. The first-order valence-electron chi connectivity index (χ1n) is 3.69. The van der Waals surface area contributed by atoms with Crippen molar-refractivity contribution in [3.8, 4) is 0 Å². The first-order valence-corrected chi connectivity index (χ1v) is 3.69. The van der Waals surface area contributed by atoms with Gasteiger partial charge in [0.25, 0.3) is 0 Å². The van der Waals surface area contributed by atoms with Gasteiger partial charge in [-0.15, -0.1) is 0 Å². The summed E-state index contributed by atoms with van der Waals surface area (Å²) < 4.78 is 13.1. The largest absolute Gasteiger partial charge is 0.396 e. The Hall–Kier alpha value is -1.05. The third kappa shape index (κ3) is 1.50. The Morgan fingerprint density at radius 3 is 2.64 bits per heavy atom. The van der Waals surface area contributed by atoms with Crippen LogP contribution in [-0.2, 0) is 6.42 Å². The summed E-state index contributed by atoms with van der Waals surface area (Å²) in [6.45, 7) is 3.83. The highest BCUT2D eigenvalue weighted by Gasteiger charge is 2.03. The summed E-state index contributed by atoms with van der Waals surface area (Å²) in [6.07, 6.45) is 0.692. The normalized spacial score (nSPS) is 10.1. The van der Waals surface area contributed by atoms with Gasteiger partial charge in [0.05, 0.1) is 5.69 Å². The number of aryl methyl sites for hydroxylation is 2. The Kier molecular flexibility index (Phi) is 2.13. The summed E-state index contributed by atoms with van der Waals surface area (Å²) >= 11 is 0. The highest BCUT2D eigenvalue weighted by atomic mass is 19.1. The van der Waals surface area contributed by atoms with E-state index in [1.807, 2.05) is 19.9 Å². The summed E-state index contributed by atoms with van der Waals surface area (Å²) in [6, 6.07) is 3.47. The van der Waals surface area contributed by atoms with Crippen molar-refractivity contribution in [1.82, 2.24) is 0 Å². The monoisotopic (exact) mass is 153 g/mol. The maximum absolute atomic E-state index is 13.1. The fourth-order valence-electron chi connectivity index (χ4n) is 1.13. The molecule has 0 aromatic heterocycles. The van der Waals surface area contributed by atoms with Crippen molar-refractivity contribution in [2.75, 3.05) is 5.73 Å². The maximum Gasteiger partial charge on any atom is 0.149 e. The van der Waals surface area contributed by atoms with Crippen LogP contribution in [0.1, 0.15) is 18.1 Å². The molecule has 0 saturated carbocycles. The van der Waals surface area contributed by atoms with Crippen molar-refractivity contribution in [1.29, 1.82) is 0 Å². The molecule has 1 aromatic carbocycles. The van der Waals surface area contributed by atoms with Gasteiger partial charge in [-0.1, -0.05) is 13.0 Å². The standard InChI is InChI=1S/C9H12FN/c1-3-7-4-6(2)5-8(11)9(7)10/h4-5H,3,11H2,1-2H3. The van der Waals surface area contributed by atoms with Crippen molar-refractivity contribution in [2.24, 2.45) is 0 Å². The van der Waals surface area contributed by atoms with Crippen LogP contribution in [0.15, 0.2) is 12.1 Å². The second-order valence-electron chi connectivity index (χ2n) is 2.68. The van der Waals surface area contributed by atoms with Gasteiger partial charge in [0.2, 0.25) is 0 Å². The number of rotatable bonds is 1. The summed E-state index contributed by atoms with van der Waals surface area (Å²) in [4.78, 5) is 0. The molecule has 0 aliphatic heterocycles. The minimum absolute atomic E-state index is 0.252. The van der Waals surface area contributed by atoms with Gasteiger partial charge < -0.3 is 5.73 Å². The second kappa shape index (κ2) is 2.91. The molecule has 0 saturated heterocycles. The molecule has 1 nitrogen and oxygen atoms in total. The first kappa shape index (κ1) is 8.05. The number of nitrogens with two attached hydrogens (primary N) is 1. The molecule has 0 fully saturated rings. The van der Waals surface area contributed by atoms with Gasteiger partial charge in [-0.05, 0) is 30.5 Å². The predicted molar refractivity (Wildman–Crippen MR) is 44.9 cm³/mol. The van der Waals surface area contributed by atoms with Crippen LogP contribution >= 0.6 is 0 Å². The molecule has 0 heterocycles. The quantitative estimate of drug-likeness (QED) is 0.615. The third-order valence-electron chi connectivity index (χ3n) is 1.70. The summed E-state index contributed by atoms with van der Waals surface area (Å²) in [5.41, 5.74) is 7.39. The number of anilines is 1. The van der Waals surface area contributed by atoms with Gasteiger partial charge in [0.1, 0.15) is 5.82 Å². The van der Waals surface area contributed by atoms with E-state index < -0.39 is 0 Å². The average Bonchev–Trinajstić information content (AvgIpc) is 1.96. The molecule has 0 aliphatic rings. The van der Waals surface area contributed by atoms with Gasteiger partial charge >= 0.3 is 0 Å². The van der Waals surface area contributed by atoms with Crippen LogP contribution in [0.4, 0.5) is 10.1 Å². The van der Waals surface area contributed by atoms with E-state index in [4.69, 9.17) is 5.73 Å². The highest BCUT2D eigenvalue weighted by molar-refractivity contribution is 5.46. The number of halogens is 1. The highest BCUT2D eigenvalue weighted by Crippen LogP contribution is 2.17. The second-order valence-corrected chi connectivity index (χ2v) is 2.68. The Bertz CT molecular complexity index is 269. The van der Waals surface area contributed by atoms with Crippen LogP contribution in [0.5, 0.6) is 0 Å². The molecular formula is C9H12FN. The van der Waals surface area contributed by atoms with Crippen LogP contribution in [0, 0.1) is 12.7 Å². The lowest BCUT2D eigenvalue weighted by molar-refractivity contribution is 0.616. The van der Waals surface area contributed by atoms with Gasteiger partial charge in [0, 0.05) is 0 Å². The predicted octanol–water partition coefficient (Wildman–Crippen LogP) is 2.28. The van der Waals surface area contributed by atoms with Crippen LogP contribution in [0.25, 0.3) is 0 Å². The van der Waals surface area contributed by atoms with E-state index in [9.17, 15) is 4.39 Å². The number of hydrogen-bond donors (Lipinski definition) is 1. The zero-order valence-corrected chi connectivity index (χ0v) is 6.82. The fraction of sp³-hybridized carbons (Fsp3) is 0.333. The number of benzene rings is 1. The lowest BCUT2D eigenvalue weighted by atomic mass is 10.1. The van der Waals surface area contributed by atoms with Crippen molar-refractivity contribution in [2.45, 2.75) is 20.3 Å². The molecule has 0 spiro atoms. The topological polar surface area (TPSA) is 26.0 Å². The molecule has 0 amide bonds. The van der Waals surface area contributed by atoms with E-state index in [0.717, 1.165) is 5.56 Å². The molecule has 1 aromatic rings. The Morgan fingerprint density at radius 1 is 1.45 bits per heavy atom. The first-order chi connectivity index (χ1) is 5.15. The Balaban J connectivity index is 3.24. The van der Waals surface area contributed by atoms with Crippen LogP contribution in [0.2, 0.25) is 0 Å². The van der Waals surface area contributed by atoms with E-state index in [1.165, 1.54) is 0 Å². The average molecular weight is 153 g/mol. The minimum atomic E-state index is -0.266. The Morgan fingerprint density at radius 2 is 2.09 bits per heavy atom.